The number of aromatic amines is 1. The fourth-order valence-electron chi connectivity index (χ4n) is 2.28. The Kier molecular flexibility index (Phi) is 3.75. The van der Waals surface area contributed by atoms with E-state index in [1.54, 1.807) is 18.3 Å². The molecule has 2 heterocycles. The molecular weight excluding hydrogens is 278 g/mol. The summed E-state index contributed by atoms with van der Waals surface area (Å²) in [5, 5.41) is 6.81. The number of aryl methyl sites for hydroxylation is 1. The van der Waals surface area contributed by atoms with Crippen molar-refractivity contribution in [2.75, 3.05) is 7.11 Å². The number of nitrogens with one attached hydrogen (secondary N) is 1. The third kappa shape index (κ3) is 2.77. The Labute approximate surface area is 128 Å². The lowest BCUT2D eigenvalue weighted by molar-refractivity contribution is 0.0600. The maximum Gasteiger partial charge on any atom is 0.337 e. The summed E-state index contributed by atoms with van der Waals surface area (Å²) >= 11 is 0. The molecule has 0 aliphatic carbocycles. The topological polar surface area (TPSA) is 67.3 Å². The van der Waals surface area contributed by atoms with Crippen LogP contribution >= 0.6 is 0 Å². The summed E-state index contributed by atoms with van der Waals surface area (Å²) in [5.74, 6) is 6.84. The number of nitrogens with zero attached hydrogens (tertiary/aromatic N) is 2. The lowest BCUT2D eigenvalue weighted by atomic mass is 9.99. The largest absolute Gasteiger partial charge is 0.465 e. The fraction of sp³-hybridized carbons (Fsp3) is 0.235. The van der Waals surface area contributed by atoms with E-state index in [4.69, 9.17) is 4.74 Å². The molecule has 110 valence electrons. The number of esters is 1. The highest BCUT2D eigenvalue weighted by atomic mass is 16.5. The molecule has 1 aromatic carbocycles. The summed E-state index contributed by atoms with van der Waals surface area (Å²) in [6.07, 6.45) is 4.40. The van der Waals surface area contributed by atoms with Crippen molar-refractivity contribution in [2.24, 2.45) is 10.9 Å². The van der Waals surface area contributed by atoms with E-state index in [9.17, 15) is 4.79 Å². The molecule has 5 heteroatoms. The first-order valence-corrected chi connectivity index (χ1v) is 6.94. The molecule has 1 atom stereocenters. The number of benzene rings is 1. The number of carbonyl (C=O) groups is 1. The van der Waals surface area contributed by atoms with E-state index >= 15 is 0 Å². The molecule has 1 unspecified atom stereocenters. The highest BCUT2D eigenvalue weighted by Crippen LogP contribution is 2.22. The summed E-state index contributed by atoms with van der Waals surface area (Å²) in [6, 6.07) is 5.38. The van der Waals surface area contributed by atoms with E-state index in [1.165, 1.54) is 7.11 Å². The van der Waals surface area contributed by atoms with Gasteiger partial charge in [0.05, 0.1) is 24.8 Å². The first-order valence-electron chi connectivity index (χ1n) is 6.94. The zero-order valence-electron chi connectivity index (χ0n) is 12.4. The van der Waals surface area contributed by atoms with Gasteiger partial charge in [0.1, 0.15) is 0 Å². The van der Waals surface area contributed by atoms with E-state index in [2.05, 4.69) is 27.0 Å². The molecule has 0 saturated carbocycles. The predicted molar refractivity (Wildman–Crippen MR) is 83.3 cm³/mol. The lowest BCUT2D eigenvalue weighted by Crippen LogP contribution is -2.07. The SMILES string of the molecule is COC(=O)c1ccc(C)c(C#CC2C=Nc3[nH]ncc3C2)c1. The molecule has 1 N–H and O–H groups in total. The Morgan fingerprint density at radius 2 is 2.32 bits per heavy atom. The van der Waals surface area contributed by atoms with Crippen LogP contribution < -0.4 is 0 Å². The normalized spacial score (nSPS) is 15.6. The Bertz CT molecular complexity index is 809. The summed E-state index contributed by atoms with van der Waals surface area (Å²) < 4.78 is 4.74. The molecule has 0 amide bonds. The first kappa shape index (κ1) is 14.1. The van der Waals surface area contributed by atoms with E-state index in [0.29, 0.717) is 5.56 Å². The van der Waals surface area contributed by atoms with Gasteiger partial charge >= 0.3 is 5.97 Å². The van der Waals surface area contributed by atoms with Crippen LogP contribution in [0, 0.1) is 24.7 Å². The van der Waals surface area contributed by atoms with Crippen LogP contribution in [0.5, 0.6) is 0 Å². The van der Waals surface area contributed by atoms with Crippen molar-refractivity contribution in [1.29, 1.82) is 0 Å². The van der Waals surface area contributed by atoms with E-state index in [1.807, 2.05) is 19.2 Å². The summed E-state index contributed by atoms with van der Waals surface area (Å²) in [5.41, 5.74) is 3.43. The van der Waals surface area contributed by atoms with Gasteiger partial charge in [-0.25, -0.2) is 9.79 Å². The quantitative estimate of drug-likeness (QED) is 0.648. The second kappa shape index (κ2) is 5.86. The molecule has 5 nitrogen and oxygen atoms in total. The molecule has 22 heavy (non-hydrogen) atoms. The number of ether oxygens (including phenoxy) is 1. The van der Waals surface area contributed by atoms with Crippen LogP contribution in [0.3, 0.4) is 0 Å². The maximum atomic E-state index is 11.6. The van der Waals surface area contributed by atoms with Crippen LogP contribution in [0.1, 0.15) is 27.0 Å². The fourth-order valence-corrected chi connectivity index (χ4v) is 2.28. The van der Waals surface area contributed by atoms with Gasteiger partial charge in [0.15, 0.2) is 5.82 Å². The number of aliphatic imine (C=N–C) groups is 1. The molecule has 0 fully saturated rings. The van der Waals surface area contributed by atoms with Crippen molar-refractivity contribution in [1.82, 2.24) is 10.2 Å². The van der Waals surface area contributed by atoms with Crippen LogP contribution in [0.4, 0.5) is 5.82 Å². The van der Waals surface area contributed by atoms with Crippen LogP contribution in [0.25, 0.3) is 0 Å². The number of methoxy groups -OCH3 is 1. The molecule has 1 aliphatic rings. The zero-order chi connectivity index (χ0) is 15.5. The highest BCUT2D eigenvalue weighted by molar-refractivity contribution is 5.89. The number of aromatic nitrogens is 2. The molecule has 1 aliphatic heterocycles. The second-order valence-electron chi connectivity index (χ2n) is 5.12. The van der Waals surface area contributed by atoms with Crippen LogP contribution in [0.2, 0.25) is 0 Å². The Hall–Kier alpha value is -2.87. The summed E-state index contributed by atoms with van der Waals surface area (Å²) in [6.45, 7) is 1.97. The van der Waals surface area contributed by atoms with Crippen molar-refractivity contribution in [3.05, 3.63) is 46.6 Å². The van der Waals surface area contributed by atoms with E-state index < -0.39 is 0 Å². The highest BCUT2D eigenvalue weighted by Gasteiger charge is 2.14. The monoisotopic (exact) mass is 293 g/mol. The minimum absolute atomic E-state index is 0.0475. The van der Waals surface area contributed by atoms with Gasteiger partial charge in [0, 0.05) is 17.3 Å². The molecule has 2 aromatic rings. The van der Waals surface area contributed by atoms with Crippen LogP contribution in [0.15, 0.2) is 29.4 Å². The van der Waals surface area contributed by atoms with Crippen LogP contribution in [-0.4, -0.2) is 29.5 Å². The van der Waals surface area contributed by atoms with Gasteiger partial charge in [-0.1, -0.05) is 17.9 Å². The minimum Gasteiger partial charge on any atom is -0.465 e. The number of rotatable bonds is 1. The molecule has 0 saturated heterocycles. The summed E-state index contributed by atoms with van der Waals surface area (Å²) in [7, 11) is 1.37. The Balaban J connectivity index is 1.84. The molecule has 0 spiro atoms. The third-order valence-corrected chi connectivity index (χ3v) is 3.57. The molecule has 0 bridgehead atoms. The number of H-pyrrole nitrogens is 1. The van der Waals surface area contributed by atoms with Gasteiger partial charge in [-0.3, -0.25) is 5.10 Å². The number of hydrogen-bond donors (Lipinski definition) is 1. The van der Waals surface area contributed by atoms with Gasteiger partial charge in [0.2, 0.25) is 0 Å². The molecule has 1 aromatic heterocycles. The molecule has 3 rings (SSSR count). The first-order chi connectivity index (χ1) is 10.7. The third-order valence-electron chi connectivity index (χ3n) is 3.57. The van der Waals surface area contributed by atoms with E-state index in [0.717, 1.165) is 28.9 Å². The second-order valence-corrected chi connectivity index (χ2v) is 5.12. The maximum absolute atomic E-state index is 11.6. The number of hydrogen-bond acceptors (Lipinski definition) is 4. The average Bonchev–Trinajstić information content (AvgIpc) is 3.01. The average molecular weight is 293 g/mol. The van der Waals surface area contributed by atoms with Gasteiger partial charge in [-0.15, -0.1) is 0 Å². The van der Waals surface area contributed by atoms with Crippen molar-refractivity contribution in [3.8, 4) is 11.8 Å². The Morgan fingerprint density at radius 3 is 3.14 bits per heavy atom. The van der Waals surface area contributed by atoms with Gasteiger partial charge in [0.25, 0.3) is 0 Å². The van der Waals surface area contributed by atoms with Crippen molar-refractivity contribution in [3.63, 3.8) is 0 Å². The predicted octanol–water partition coefficient (Wildman–Crippen LogP) is 2.43. The van der Waals surface area contributed by atoms with Crippen molar-refractivity contribution < 1.29 is 9.53 Å². The van der Waals surface area contributed by atoms with Gasteiger partial charge < -0.3 is 4.74 Å². The van der Waals surface area contributed by atoms with Crippen molar-refractivity contribution in [2.45, 2.75) is 13.3 Å². The standard InChI is InChI=1S/C17H15N3O2/c1-11-3-5-14(17(21)22-2)8-13(11)6-4-12-7-15-10-19-20-16(15)18-9-12/h3,5,8-10,12H,7H2,1-2H3,(H,19,20). The number of carbonyl (C=O) groups excluding carboxylic acids is 1. The van der Waals surface area contributed by atoms with Gasteiger partial charge in [-0.2, -0.15) is 5.10 Å². The smallest absolute Gasteiger partial charge is 0.337 e. The number of fused-ring (bicyclic) bond motifs is 1. The Morgan fingerprint density at radius 1 is 1.45 bits per heavy atom. The zero-order valence-corrected chi connectivity index (χ0v) is 12.4. The van der Waals surface area contributed by atoms with Crippen molar-refractivity contribution >= 4 is 18.0 Å². The summed E-state index contributed by atoms with van der Waals surface area (Å²) in [4.78, 5) is 15.9. The lowest BCUT2D eigenvalue weighted by Gasteiger charge is -2.09. The van der Waals surface area contributed by atoms with Gasteiger partial charge in [-0.05, 0) is 31.0 Å². The minimum atomic E-state index is -0.356. The van der Waals surface area contributed by atoms with Crippen LogP contribution in [-0.2, 0) is 11.2 Å². The molecule has 0 radical (unpaired) electrons. The molecular formula is C17H15N3O2. The van der Waals surface area contributed by atoms with E-state index in [-0.39, 0.29) is 11.9 Å².